The zero-order valence-corrected chi connectivity index (χ0v) is 15.2. The van der Waals surface area contributed by atoms with Crippen LogP contribution < -0.4 is 0 Å². The van der Waals surface area contributed by atoms with Crippen LogP contribution in [0.25, 0.3) is 6.08 Å². The number of carbonyl (C=O) groups is 2. The summed E-state index contributed by atoms with van der Waals surface area (Å²) in [6.07, 6.45) is 4.97. The average molecular weight is 332 g/mol. The van der Waals surface area contributed by atoms with Crippen LogP contribution in [-0.4, -0.2) is 25.2 Å². The molecule has 4 nitrogen and oxygen atoms in total. The van der Waals surface area contributed by atoms with Gasteiger partial charge in [0.25, 0.3) is 0 Å². The summed E-state index contributed by atoms with van der Waals surface area (Å²) in [6.45, 7) is 8.53. The third-order valence-corrected chi connectivity index (χ3v) is 3.73. The molecule has 1 aromatic carbocycles. The summed E-state index contributed by atoms with van der Waals surface area (Å²) in [6, 6.07) is 5.84. The Kier molecular flexibility index (Phi) is 8.84. The van der Waals surface area contributed by atoms with Gasteiger partial charge in [-0.2, -0.15) is 0 Å². The van der Waals surface area contributed by atoms with Crippen LogP contribution in [0.3, 0.4) is 0 Å². The van der Waals surface area contributed by atoms with Crippen molar-refractivity contribution < 1.29 is 19.1 Å². The summed E-state index contributed by atoms with van der Waals surface area (Å²) in [5, 5.41) is 0. The topological polar surface area (TPSA) is 52.6 Å². The third kappa shape index (κ3) is 6.19. The molecule has 0 heterocycles. The molecule has 0 saturated carbocycles. The molecule has 0 aliphatic rings. The molecule has 24 heavy (non-hydrogen) atoms. The van der Waals surface area contributed by atoms with E-state index in [-0.39, 0.29) is 5.57 Å². The number of hydrogen-bond donors (Lipinski definition) is 0. The molecular formula is C20H28O4. The molecule has 0 saturated heterocycles. The minimum atomic E-state index is -0.618. The van der Waals surface area contributed by atoms with Crippen LogP contribution in [0.5, 0.6) is 0 Å². The second kappa shape index (κ2) is 10.6. The Morgan fingerprint density at radius 3 is 1.79 bits per heavy atom. The van der Waals surface area contributed by atoms with Gasteiger partial charge in [0.05, 0.1) is 13.2 Å². The highest BCUT2D eigenvalue weighted by Gasteiger charge is 2.22. The van der Waals surface area contributed by atoms with E-state index < -0.39 is 11.9 Å². The van der Waals surface area contributed by atoms with Crippen molar-refractivity contribution in [1.29, 1.82) is 0 Å². The van der Waals surface area contributed by atoms with Gasteiger partial charge in [0.15, 0.2) is 0 Å². The number of rotatable bonds is 9. The standard InChI is InChI=1S/C20H28O4/c1-5-7-12-23-19(21)18(20(22)24-13-8-6-2)14-17-15(3)10-9-11-16(17)4/h9-11,14H,5-8,12-13H2,1-4H3. The molecule has 0 amide bonds. The Morgan fingerprint density at radius 1 is 0.917 bits per heavy atom. The van der Waals surface area contributed by atoms with E-state index >= 15 is 0 Å². The summed E-state index contributed by atoms with van der Waals surface area (Å²) < 4.78 is 10.4. The molecule has 1 rings (SSSR count). The molecule has 0 fully saturated rings. The molecule has 0 spiro atoms. The number of hydrogen-bond acceptors (Lipinski definition) is 4. The average Bonchev–Trinajstić information content (AvgIpc) is 2.54. The molecule has 132 valence electrons. The van der Waals surface area contributed by atoms with E-state index in [0.717, 1.165) is 42.4 Å². The normalized spacial score (nSPS) is 10.2. The summed E-state index contributed by atoms with van der Waals surface area (Å²) in [5.41, 5.74) is 2.80. The SMILES string of the molecule is CCCCOC(=O)C(=Cc1c(C)cccc1C)C(=O)OCCCC. The molecule has 4 heteroatoms. The van der Waals surface area contributed by atoms with Gasteiger partial charge in [-0.1, -0.05) is 44.9 Å². The lowest BCUT2D eigenvalue weighted by Crippen LogP contribution is -2.19. The lowest BCUT2D eigenvalue weighted by atomic mass is 10.0. The maximum atomic E-state index is 12.3. The smallest absolute Gasteiger partial charge is 0.345 e. The highest BCUT2D eigenvalue weighted by atomic mass is 16.6. The summed E-state index contributed by atoms with van der Waals surface area (Å²) in [4.78, 5) is 24.7. The lowest BCUT2D eigenvalue weighted by molar-refractivity contribution is -0.147. The lowest BCUT2D eigenvalue weighted by Gasteiger charge is -2.11. The monoisotopic (exact) mass is 332 g/mol. The Balaban J connectivity index is 3.05. The fourth-order valence-corrected chi connectivity index (χ4v) is 2.17. The summed E-state index contributed by atoms with van der Waals surface area (Å²) in [7, 11) is 0. The van der Waals surface area contributed by atoms with E-state index in [0.29, 0.717) is 13.2 Å². The quantitative estimate of drug-likeness (QED) is 0.221. The van der Waals surface area contributed by atoms with Crippen molar-refractivity contribution in [2.45, 2.75) is 53.4 Å². The predicted octanol–water partition coefficient (Wildman–Crippen LogP) is 4.37. The Bertz CT molecular complexity index is 543. The van der Waals surface area contributed by atoms with Gasteiger partial charge in [0.1, 0.15) is 5.57 Å². The Morgan fingerprint density at radius 2 is 1.38 bits per heavy atom. The van der Waals surface area contributed by atoms with Gasteiger partial charge in [0, 0.05) is 0 Å². The minimum absolute atomic E-state index is 0.0420. The van der Waals surface area contributed by atoms with E-state index in [9.17, 15) is 9.59 Å². The number of aryl methyl sites for hydroxylation is 2. The van der Waals surface area contributed by atoms with Crippen LogP contribution in [0.1, 0.15) is 56.2 Å². The third-order valence-electron chi connectivity index (χ3n) is 3.73. The Hall–Kier alpha value is -2.10. The van der Waals surface area contributed by atoms with E-state index in [4.69, 9.17) is 9.47 Å². The molecular weight excluding hydrogens is 304 g/mol. The van der Waals surface area contributed by atoms with Crippen molar-refractivity contribution in [3.63, 3.8) is 0 Å². The second-order valence-corrected chi connectivity index (χ2v) is 5.84. The van der Waals surface area contributed by atoms with Crippen molar-refractivity contribution in [2.24, 2.45) is 0 Å². The Labute approximate surface area is 144 Å². The molecule has 0 aromatic heterocycles. The first-order chi connectivity index (χ1) is 11.5. The summed E-state index contributed by atoms with van der Waals surface area (Å²) in [5.74, 6) is -1.24. The van der Waals surface area contributed by atoms with Gasteiger partial charge < -0.3 is 9.47 Å². The van der Waals surface area contributed by atoms with Gasteiger partial charge in [-0.15, -0.1) is 0 Å². The maximum absolute atomic E-state index is 12.3. The van der Waals surface area contributed by atoms with Crippen LogP contribution in [0.2, 0.25) is 0 Å². The minimum Gasteiger partial charge on any atom is -0.462 e. The first kappa shape index (κ1) is 19.9. The van der Waals surface area contributed by atoms with Gasteiger partial charge in [-0.3, -0.25) is 0 Å². The first-order valence-electron chi connectivity index (χ1n) is 8.63. The summed E-state index contributed by atoms with van der Waals surface area (Å²) >= 11 is 0. The second-order valence-electron chi connectivity index (χ2n) is 5.84. The van der Waals surface area contributed by atoms with E-state index in [2.05, 4.69) is 0 Å². The van der Waals surface area contributed by atoms with E-state index in [1.807, 2.05) is 45.9 Å². The zero-order chi connectivity index (χ0) is 17.9. The number of esters is 2. The van der Waals surface area contributed by atoms with Crippen molar-refractivity contribution >= 4 is 18.0 Å². The fourth-order valence-electron chi connectivity index (χ4n) is 2.17. The first-order valence-corrected chi connectivity index (χ1v) is 8.63. The molecule has 0 unspecified atom stereocenters. The maximum Gasteiger partial charge on any atom is 0.345 e. The molecule has 0 aliphatic carbocycles. The number of benzene rings is 1. The van der Waals surface area contributed by atoms with Crippen LogP contribution in [0.4, 0.5) is 0 Å². The van der Waals surface area contributed by atoms with Gasteiger partial charge in [-0.05, 0) is 49.5 Å². The largest absolute Gasteiger partial charge is 0.462 e. The van der Waals surface area contributed by atoms with Gasteiger partial charge in [0.2, 0.25) is 0 Å². The molecule has 0 radical (unpaired) electrons. The molecule has 0 bridgehead atoms. The number of unbranched alkanes of at least 4 members (excludes halogenated alkanes) is 2. The van der Waals surface area contributed by atoms with Crippen LogP contribution >= 0.6 is 0 Å². The highest BCUT2D eigenvalue weighted by molar-refractivity contribution is 6.17. The molecule has 0 N–H and O–H groups in total. The van der Waals surface area contributed by atoms with Crippen molar-refractivity contribution in [1.82, 2.24) is 0 Å². The number of carbonyl (C=O) groups excluding carboxylic acids is 2. The molecule has 1 aromatic rings. The van der Waals surface area contributed by atoms with Gasteiger partial charge in [-0.25, -0.2) is 9.59 Å². The van der Waals surface area contributed by atoms with Gasteiger partial charge >= 0.3 is 11.9 Å². The van der Waals surface area contributed by atoms with E-state index in [1.54, 1.807) is 6.08 Å². The van der Waals surface area contributed by atoms with Crippen molar-refractivity contribution in [3.05, 3.63) is 40.5 Å². The fraction of sp³-hybridized carbons (Fsp3) is 0.500. The zero-order valence-electron chi connectivity index (χ0n) is 15.2. The predicted molar refractivity (Wildman–Crippen MR) is 95.6 cm³/mol. The highest BCUT2D eigenvalue weighted by Crippen LogP contribution is 2.19. The van der Waals surface area contributed by atoms with Crippen LogP contribution in [-0.2, 0) is 19.1 Å². The van der Waals surface area contributed by atoms with E-state index in [1.165, 1.54) is 0 Å². The van der Waals surface area contributed by atoms with Crippen LogP contribution in [0.15, 0.2) is 23.8 Å². The van der Waals surface area contributed by atoms with Crippen molar-refractivity contribution in [3.8, 4) is 0 Å². The van der Waals surface area contributed by atoms with Crippen molar-refractivity contribution in [2.75, 3.05) is 13.2 Å². The molecule has 0 aliphatic heterocycles. The number of ether oxygens (including phenoxy) is 2. The van der Waals surface area contributed by atoms with Crippen LogP contribution in [0, 0.1) is 13.8 Å². The molecule has 0 atom stereocenters.